The maximum absolute atomic E-state index is 16.0. The van der Waals surface area contributed by atoms with E-state index in [1.165, 1.54) is 29.2 Å². The minimum absolute atomic E-state index is 0.0591. The standard InChI is InChI=1S/C30H31F6NO3/c1-27(32,30(34,35)36)21-5-8-23-20(16-21)4-9-24-28(23,17-18-2-6-22(31)7-3-18)14-15-37(24)26(40)29(33)12-10-19(11-13-29)25(38)39/h2-3,5-8,16,19,24H,4,9-15,17H2,1H3,(H,38,39). The van der Waals surface area contributed by atoms with Crippen molar-refractivity contribution in [1.82, 2.24) is 4.90 Å². The average molecular weight is 568 g/mol. The van der Waals surface area contributed by atoms with Gasteiger partial charge in [0, 0.05) is 18.0 Å². The Labute approximate surface area is 228 Å². The number of hydrogen-bond acceptors (Lipinski definition) is 2. The van der Waals surface area contributed by atoms with Gasteiger partial charge in [-0.25, -0.2) is 13.2 Å². The highest BCUT2D eigenvalue weighted by Gasteiger charge is 2.57. The Morgan fingerprint density at radius 3 is 2.25 bits per heavy atom. The molecule has 5 rings (SSSR count). The van der Waals surface area contributed by atoms with Crippen molar-refractivity contribution in [2.45, 2.75) is 87.3 Å². The number of aryl methyl sites for hydroxylation is 1. The molecule has 3 unspecified atom stereocenters. The molecule has 0 aromatic heterocycles. The molecule has 1 heterocycles. The van der Waals surface area contributed by atoms with Gasteiger partial charge in [-0.3, -0.25) is 9.59 Å². The van der Waals surface area contributed by atoms with E-state index in [1.54, 1.807) is 12.1 Å². The number of hydrogen-bond donors (Lipinski definition) is 1. The maximum Gasteiger partial charge on any atom is 0.426 e. The smallest absolute Gasteiger partial charge is 0.426 e. The zero-order valence-corrected chi connectivity index (χ0v) is 22.0. The van der Waals surface area contributed by atoms with Crippen LogP contribution in [-0.2, 0) is 33.5 Å². The lowest BCUT2D eigenvalue weighted by Crippen LogP contribution is -2.55. The van der Waals surface area contributed by atoms with Gasteiger partial charge in [0.2, 0.25) is 5.67 Å². The second-order valence-corrected chi connectivity index (χ2v) is 11.7. The summed E-state index contributed by atoms with van der Waals surface area (Å²) in [5.41, 5.74) is -5.04. The van der Waals surface area contributed by atoms with E-state index in [9.17, 15) is 36.6 Å². The van der Waals surface area contributed by atoms with Crippen molar-refractivity contribution in [3.8, 4) is 0 Å². The monoisotopic (exact) mass is 567 g/mol. The number of carbonyl (C=O) groups excluding carboxylic acids is 1. The van der Waals surface area contributed by atoms with Crippen LogP contribution in [0.4, 0.5) is 26.3 Å². The molecule has 0 spiro atoms. The number of nitrogens with zero attached hydrogens (tertiary/aromatic N) is 1. The highest BCUT2D eigenvalue weighted by Crippen LogP contribution is 2.52. The topological polar surface area (TPSA) is 57.6 Å². The number of aliphatic carboxylic acids is 1. The van der Waals surface area contributed by atoms with Crippen LogP contribution in [0.15, 0.2) is 42.5 Å². The van der Waals surface area contributed by atoms with Crippen LogP contribution < -0.4 is 0 Å². The molecule has 216 valence electrons. The van der Waals surface area contributed by atoms with Crippen molar-refractivity contribution in [3.05, 3.63) is 70.5 Å². The van der Waals surface area contributed by atoms with Crippen molar-refractivity contribution >= 4 is 11.9 Å². The number of likely N-dealkylation sites (tertiary alicyclic amines) is 1. The largest absolute Gasteiger partial charge is 0.481 e. The van der Waals surface area contributed by atoms with Gasteiger partial charge < -0.3 is 10.0 Å². The summed E-state index contributed by atoms with van der Waals surface area (Å²) in [4.78, 5) is 26.6. The summed E-state index contributed by atoms with van der Waals surface area (Å²) >= 11 is 0. The number of carbonyl (C=O) groups is 2. The fourth-order valence-electron chi connectivity index (χ4n) is 7.03. The molecule has 1 amide bonds. The van der Waals surface area contributed by atoms with E-state index in [1.807, 2.05) is 0 Å². The molecule has 3 atom stereocenters. The van der Waals surface area contributed by atoms with Crippen molar-refractivity contribution in [3.63, 3.8) is 0 Å². The summed E-state index contributed by atoms with van der Waals surface area (Å²) in [6.45, 7) is 0.702. The fraction of sp³-hybridized carbons (Fsp3) is 0.533. The second kappa shape index (κ2) is 9.80. The minimum atomic E-state index is -5.10. The number of rotatable bonds is 5. The molecule has 2 aliphatic carbocycles. The molecule has 1 saturated heterocycles. The van der Waals surface area contributed by atoms with E-state index in [2.05, 4.69) is 0 Å². The average Bonchev–Trinajstić information content (AvgIpc) is 3.28. The normalized spacial score (nSPS) is 29.8. The van der Waals surface area contributed by atoms with E-state index in [-0.39, 0.29) is 38.6 Å². The van der Waals surface area contributed by atoms with Gasteiger partial charge in [-0.15, -0.1) is 0 Å². The van der Waals surface area contributed by atoms with Crippen LogP contribution in [0, 0.1) is 11.7 Å². The highest BCUT2D eigenvalue weighted by atomic mass is 19.4. The predicted octanol–water partition coefficient (Wildman–Crippen LogP) is 6.58. The molecule has 2 aromatic rings. The number of carboxylic acids is 1. The Hall–Kier alpha value is -3.04. The Balaban J connectivity index is 1.52. The Bertz CT molecular complexity index is 1300. The van der Waals surface area contributed by atoms with Gasteiger partial charge in [0.25, 0.3) is 5.91 Å². The molecule has 4 nitrogen and oxygen atoms in total. The zero-order chi connectivity index (χ0) is 29.1. The lowest BCUT2D eigenvalue weighted by atomic mass is 9.63. The molecule has 3 aliphatic rings. The molecule has 40 heavy (non-hydrogen) atoms. The van der Waals surface area contributed by atoms with E-state index in [4.69, 9.17) is 0 Å². The van der Waals surface area contributed by atoms with Gasteiger partial charge in [-0.05, 0) is 92.7 Å². The molecule has 1 saturated carbocycles. The van der Waals surface area contributed by atoms with E-state index in [0.29, 0.717) is 37.3 Å². The van der Waals surface area contributed by atoms with Crippen LogP contribution in [0.3, 0.4) is 0 Å². The Morgan fingerprint density at radius 1 is 1.00 bits per heavy atom. The number of amides is 1. The summed E-state index contributed by atoms with van der Waals surface area (Å²) < 4.78 is 84.9. The fourth-order valence-corrected chi connectivity index (χ4v) is 7.03. The quantitative estimate of drug-likeness (QED) is 0.415. The van der Waals surface area contributed by atoms with E-state index in [0.717, 1.165) is 11.6 Å². The first-order valence-corrected chi connectivity index (χ1v) is 13.5. The lowest BCUT2D eigenvalue weighted by Gasteiger charge is -2.45. The third kappa shape index (κ3) is 4.67. The summed E-state index contributed by atoms with van der Waals surface area (Å²) in [7, 11) is 0. The van der Waals surface area contributed by atoms with Crippen molar-refractivity contribution in [2.24, 2.45) is 5.92 Å². The second-order valence-electron chi connectivity index (χ2n) is 11.7. The first-order chi connectivity index (χ1) is 18.7. The van der Waals surface area contributed by atoms with Gasteiger partial charge in [0.05, 0.1) is 5.92 Å². The van der Waals surface area contributed by atoms with Crippen LogP contribution in [0.5, 0.6) is 0 Å². The summed E-state index contributed by atoms with van der Waals surface area (Å²) in [6, 6.07) is 9.24. The van der Waals surface area contributed by atoms with Crippen LogP contribution in [0.25, 0.3) is 0 Å². The molecular formula is C30H31F6NO3. The predicted molar refractivity (Wildman–Crippen MR) is 135 cm³/mol. The third-order valence-electron chi connectivity index (χ3n) is 9.42. The van der Waals surface area contributed by atoms with Gasteiger partial charge in [0.1, 0.15) is 5.82 Å². The molecular weight excluding hydrogens is 536 g/mol. The Kier molecular flexibility index (Phi) is 6.98. The van der Waals surface area contributed by atoms with E-state index < -0.39 is 58.1 Å². The zero-order valence-electron chi connectivity index (χ0n) is 22.0. The van der Waals surface area contributed by atoms with Crippen LogP contribution in [-0.4, -0.2) is 46.3 Å². The first kappa shape index (κ1) is 28.5. The van der Waals surface area contributed by atoms with Gasteiger partial charge in [0.15, 0.2) is 5.67 Å². The highest BCUT2D eigenvalue weighted by molar-refractivity contribution is 5.86. The van der Waals surface area contributed by atoms with Crippen LogP contribution in [0.2, 0.25) is 0 Å². The van der Waals surface area contributed by atoms with Crippen molar-refractivity contribution < 1.29 is 41.0 Å². The van der Waals surface area contributed by atoms with Gasteiger partial charge >= 0.3 is 12.1 Å². The molecule has 1 aliphatic heterocycles. The number of halogens is 6. The molecule has 0 bridgehead atoms. The number of alkyl halides is 5. The minimum Gasteiger partial charge on any atom is -0.481 e. The molecule has 2 fully saturated rings. The summed E-state index contributed by atoms with van der Waals surface area (Å²) in [5.74, 6) is -2.81. The molecule has 10 heteroatoms. The van der Waals surface area contributed by atoms with Crippen LogP contribution in [0.1, 0.15) is 67.7 Å². The first-order valence-electron chi connectivity index (χ1n) is 13.5. The molecule has 1 N–H and O–H groups in total. The summed E-state index contributed by atoms with van der Waals surface area (Å²) in [6.07, 6.45) is -4.02. The van der Waals surface area contributed by atoms with E-state index >= 15 is 4.39 Å². The SMILES string of the molecule is CC(F)(c1ccc2c(c1)CCC1N(C(=O)C3(F)CCC(C(=O)O)CC3)CCC21Cc1ccc(F)cc1)C(F)(F)F. The molecule has 2 aromatic carbocycles. The Morgan fingerprint density at radius 2 is 1.65 bits per heavy atom. The van der Waals surface area contributed by atoms with Crippen molar-refractivity contribution in [2.75, 3.05) is 6.54 Å². The van der Waals surface area contributed by atoms with Crippen molar-refractivity contribution in [1.29, 1.82) is 0 Å². The number of benzene rings is 2. The third-order valence-corrected chi connectivity index (χ3v) is 9.42. The maximum atomic E-state index is 16.0. The number of carboxylic acid groups (broad SMARTS) is 1. The molecule has 0 radical (unpaired) electrons. The van der Waals surface area contributed by atoms with Crippen LogP contribution >= 0.6 is 0 Å². The summed E-state index contributed by atoms with van der Waals surface area (Å²) in [5, 5.41) is 9.28. The number of fused-ring (bicyclic) bond motifs is 3. The lowest BCUT2D eigenvalue weighted by molar-refractivity contribution is -0.228. The van der Waals surface area contributed by atoms with Gasteiger partial charge in [-0.1, -0.05) is 30.3 Å². The van der Waals surface area contributed by atoms with Gasteiger partial charge in [-0.2, -0.15) is 13.2 Å².